The van der Waals surface area contributed by atoms with E-state index in [-0.39, 0.29) is 18.9 Å². The largest absolute Gasteiger partial charge is 0.492 e. The highest BCUT2D eigenvalue weighted by Crippen LogP contribution is 2.23. The first-order valence-corrected chi connectivity index (χ1v) is 8.56. The number of carbonyl (C=O) groups is 1. The van der Waals surface area contributed by atoms with Gasteiger partial charge in [-0.2, -0.15) is 0 Å². The number of aryl methyl sites for hydroxylation is 2. The minimum Gasteiger partial charge on any atom is -0.492 e. The SMILES string of the molecule is CCOc1ccccc1NC(=O)CCn1cnc2c1c(=O)n(C)c(=O)n2C. The van der Waals surface area contributed by atoms with Gasteiger partial charge in [-0.25, -0.2) is 9.78 Å². The Bertz CT molecular complexity index is 1110. The summed E-state index contributed by atoms with van der Waals surface area (Å²) in [5.41, 5.74) is 0.307. The molecular formula is C18H21N5O4. The molecular weight excluding hydrogens is 350 g/mol. The Morgan fingerprint density at radius 1 is 1.19 bits per heavy atom. The number of nitrogens with zero attached hydrogens (tertiary/aromatic N) is 4. The minimum absolute atomic E-state index is 0.137. The standard InChI is InChI=1S/C18H21N5O4/c1-4-27-13-8-6-5-7-12(13)20-14(24)9-10-23-11-19-16-15(23)17(25)22(3)18(26)21(16)2/h5-8,11H,4,9-10H2,1-3H3,(H,20,24). The van der Waals surface area contributed by atoms with Crippen molar-refractivity contribution in [2.75, 3.05) is 11.9 Å². The van der Waals surface area contributed by atoms with Crippen molar-refractivity contribution in [3.63, 3.8) is 0 Å². The average molecular weight is 371 g/mol. The summed E-state index contributed by atoms with van der Waals surface area (Å²) in [6.45, 7) is 2.62. The zero-order chi connectivity index (χ0) is 19.6. The van der Waals surface area contributed by atoms with Crippen molar-refractivity contribution in [2.45, 2.75) is 19.9 Å². The third kappa shape index (κ3) is 3.48. The third-order valence-electron chi connectivity index (χ3n) is 4.26. The van der Waals surface area contributed by atoms with E-state index in [0.717, 1.165) is 4.57 Å². The van der Waals surface area contributed by atoms with Crippen LogP contribution in [-0.4, -0.2) is 31.2 Å². The average Bonchev–Trinajstić information content (AvgIpc) is 3.09. The van der Waals surface area contributed by atoms with Crippen molar-refractivity contribution in [1.29, 1.82) is 0 Å². The molecule has 142 valence electrons. The van der Waals surface area contributed by atoms with Gasteiger partial charge in [-0.05, 0) is 19.1 Å². The second-order valence-corrected chi connectivity index (χ2v) is 6.04. The highest BCUT2D eigenvalue weighted by atomic mass is 16.5. The van der Waals surface area contributed by atoms with Crippen LogP contribution >= 0.6 is 0 Å². The first-order chi connectivity index (χ1) is 12.9. The van der Waals surface area contributed by atoms with Gasteiger partial charge in [0.2, 0.25) is 5.91 Å². The Balaban J connectivity index is 1.79. The Kier molecular flexibility index (Phi) is 5.11. The van der Waals surface area contributed by atoms with E-state index in [1.54, 1.807) is 23.7 Å². The van der Waals surface area contributed by atoms with Crippen molar-refractivity contribution in [1.82, 2.24) is 18.7 Å². The van der Waals surface area contributed by atoms with Gasteiger partial charge in [-0.3, -0.25) is 18.7 Å². The molecule has 9 heteroatoms. The fourth-order valence-corrected chi connectivity index (χ4v) is 2.85. The van der Waals surface area contributed by atoms with Crippen molar-refractivity contribution < 1.29 is 9.53 Å². The zero-order valence-electron chi connectivity index (χ0n) is 15.4. The first-order valence-electron chi connectivity index (χ1n) is 8.56. The lowest BCUT2D eigenvalue weighted by atomic mass is 10.2. The Labute approximate surface area is 154 Å². The van der Waals surface area contributed by atoms with Gasteiger partial charge in [0.05, 0.1) is 18.6 Å². The molecule has 27 heavy (non-hydrogen) atoms. The van der Waals surface area contributed by atoms with Crippen LogP contribution in [0.1, 0.15) is 13.3 Å². The molecule has 1 aromatic carbocycles. The van der Waals surface area contributed by atoms with Gasteiger partial charge in [0.15, 0.2) is 11.2 Å². The van der Waals surface area contributed by atoms with E-state index in [4.69, 9.17) is 4.74 Å². The number of aromatic nitrogens is 4. The van der Waals surface area contributed by atoms with Gasteiger partial charge in [0, 0.05) is 27.1 Å². The molecule has 0 radical (unpaired) electrons. The topological polar surface area (TPSA) is 100 Å². The number of para-hydroxylation sites is 2. The molecule has 0 aliphatic heterocycles. The van der Waals surface area contributed by atoms with Gasteiger partial charge in [0.1, 0.15) is 5.75 Å². The van der Waals surface area contributed by atoms with Gasteiger partial charge in [-0.15, -0.1) is 0 Å². The van der Waals surface area contributed by atoms with E-state index in [9.17, 15) is 14.4 Å². The first kappa shape index (κ1) is 18.4. The van der Waals surface area contributed by atoms with Crippen LogP contribution in [-0.2, 0) is 25.4 Å². The number of imidazole rings is 1. The number of ether oxygens (including phenoxy) is 1. The van der Waals surface area contributed by atoms with E-state index in [1.165, 1.54) is 17.9 Å². The van der Waals surface area contributed by atoms with Gasteiger partial charge >= 0.3 is 5.69 Å². The highest BCUT2D eigenvalue weighted by Gasteiger charge is 2.15. The number of nitrogens with one attached hydrogen (secondary N) is 1. The number of rotatable bonds is 6. The summed E-state index contributed by atoms with van der Waals surface area (Å²) in [7, 11) is 2.97. The molecule has 0 aliphatic carbocycles. The minimum atomic E-state index is -0.442. The molecule has 3 rings (SSSR count). The van der Waals surface area contributed by atoms with E-state index in [2.05, 4.69) is 10.3 Å². The molecule has 2 aromatic heterocycles. The van der Waals surface area contributed by atoms with E-state index in [1.807, 2.05) is 19.1 Å². The monoisotopic (exact) mass is 371 g/mol. The number of amides is 1. The van der Waals surface area contributed by atoms with E-state index in [0.29, 0.717) is 29.2 Å². The second-order valence-electron chi connectivity index (χ2n) is 6.04. The molecule has 2 heterocycles. The number of hydrogen-bond acceptors (Lipinski definition) is 5. The molecule has 0 fully saturated rings. The van der Waals surface area contributed by atoms with Crippen LogP contribution in [0.3, 0.4) is 0 Å². The van der Waals surface area contributed by atoms with Crippen molar-refractivity contribution in [2.24, 2.45) is 14.1 Å². The van der Waals surface area contributed by atoms with Crippen LogP contribution in [0.15, 0.2) is 40.2 Å². The van der Waals surface area contributed by atoms with Crippen LogP contribution in [0.2, 0.25) is 0 Å². The molecule has 0 unspecified atom stereocenters. The predicted molar refractivity (Wildman–Crippen MR) is 101 cm³/mol. The summed E-state index contributed by atoms with van der Waals surface area (Å²) in [5.74, 6) is 0.385. The maximum absolute atomic E-state index is 12.4. The molecule has 0 saturated carbocycles. The predicted octanol–water partition coefficient (Wildman–Crippen LogP) is 0.861. The molecule has 9 nitrogen and oxygen atoms in total. The van der Waals surface area contributed by atoms with Crippen LogP contribution in [0.25, 0.3) is 11.2 Å². The summed E-state index contributed by atoms with van der Waals surface area (Å²) in [6, 6.07) is 7.19. The lowest BCUT2D eigenvalue weighted by molar-refractivity contribution is -0.116. The van der Waals surface area contributed by atoms with E-state index >= 15 is 0 Å². The molecule has 1 amide bonds. The summed E-state index contributed by atoms with van der Waals surface area (Å²) in [4.78, 5) is 40.9. The summed E-state index contributed by atoms with van der Waals surface area (Å²) >= 11 is 0. The Hall–Kier alpha value is -3.36. The van der Waals surface area contributed by atoms with Crippen molar-refractivity contribution >= 4 is 22.8 Å². The van der Waals surface area contributed by atoms with Crippen LogP contribution < -0.4 is 21.3 Å². The van der Waals surface area contributed by atoms with Gasteiger partial charge < -0.3 is 14.6 Å². The van der Waals surface area contributed by atoms with Crippen LogP contribution in [0.4, 0.5) is 5.69 Å². The lowest BCUT2D eigenvalue weighted by Gasteiger charge is -2.11. The lowest BCUT2D eigenvalue weighted by Crippen LogP contribution is -2.37. The fraction of sp³-hybridized carbons (Fsp3) is 0.333. The molecule has 0 saturated heterocycles. The number of anilines is 1. The molecule has 0 atom stereocenters. The third-order valence-corrected chi connectivity index (χ3v) is 4.26. The smallest absolute Gasteiger partial charge is 0.332 e. The van der Waals surface area contributed by atoms with Gasteiger partial charge in [0.25, 0.3) is 5.56 Å². The fourth-order valence-electron chi connectivity index (χ4n) is 2.85. The van der Waals surface area contributed by atoms with Gasteiger partial charge in [-0.1, -0.05) is 12.1 Å². The Morgan fingerprint density at radius 2 is 1.93 bits per heavy atom. The van der Waals surface area contributed by atoms with Crippen LogP contribution in [0.5, 0.6) is 5.75 Å². The number of fused-ring (bicyclic) bond motifs is 1. The quantitative estimate of drug-likeness (QED) is 0.693. The Morgan fingerprint density at radius 3 is 2.67 bits per heavy atom. The number of benzene rings is 1. The summed E-state index contributed by atoms with van der Waals surface area (Å²) in [6.07, 6.45) is 1.60. The summed E-state index contributed by atoms with van der Waals surface area (Å²) < 4.78 is 9.42. The highest BCUT2D eigenvalue weighted by molar-refractivity contribution is 5.92. The molecule has 0 aliphatic rings. The van der Waals surface area contributed by atoms with E-state index < -0.39 is 11.2 Å². The molecule has 1 N–H and O–H groups in total. The molecule has 3 aromatic rings. The number of hydrogen-bond donors (Lipinski definition) is 1. The second kappa shape index (κ2) is 7.48. The number of carbonyl (C=O) groups excluding carboxylic acids is 1. The summed E-state index contributed by atoms with van der Waals surface area (Å²) in [5, 5.41) is 2.82. The zero-order valence-corrected chi connectivity index (χ0v) is 15.4. The molecule has 0 spiro atoms. The van der Waals surface area contributed by atoms with Crippen molar-refractivity contribution in [3.05, 3.63) is 51.4 Å². The molecule has 0 bridgehead atoms. The normalized spacial score (nSPS) is 10.9. The maximum Gasteiger partial charge on any atom is 0.332 e. The maximum atomic E-state index is 12.4. The van der Waals surface area contributed by atoms with Crippen LogP contribution in [0, 0.1) is 0 Å². The van der Waals surface area contributed by atoms with Crippen molar-refractivity contribution in [3.8, 4) is 5.75 Å².